The lowest BCUT2D eigenvalue weighted by molar-refractivity contribution is -0.126. The van der Waals surface area contributed by atoms with E-state index >= 15 is 0 Å². The van der Waals surface area contributed by atoms with Crippen LogP contribution in [0.25, 0.3) is 0 Å². The Kier molecular flexibility index (Phi) is 8.15. The molecule has 1 rings (SSSR count). The Morgan fingerprint density at radius 2 is 2.10 bits per heavy atom. The molecule has 1 aliphatic rings. The molecular formula is C16H32N2O2. The summed E-state index contributed by atoms with van der Waals surface area (Å²) in [4.78, 5) is 11.9. The molecule has 0 radical (unpaired) electrons. The molecule has 2 atom stereocenters. The molecule has 1 amide bonds. The Morgan fingerprint density at radius 3 is 2.75 bits per heavy atom. The molecule has 4 nitrogen and oxygen atoms in total. The smallest absolute Gasteiger partial charge is 0.238 e. The lowest BCUT2D eigenvalue weighted by Gasteiger charge is -2.33. The maximum absolute atomic E-state index is 11.9. The highest BCUT2D eigenvalue weighted by Crippen LogP contribution is 2.37. The molecule has 0 aromatic heterocycles. The molecule has 1 fully saturated rings. The van der Waals surface area contributed by atoms with Gasteiger partial charge in [0.25, 0.3) is 0 Å². The van der Waals surface area contributed by atoms with E-state index in [-0.39, 0.29) is 5.91 Å². The fourth-order valence-electron chi connectivity index (χ4n) is 3.24. The van der Waals surface area contributed by atoms with Gasteiger partial charge in [-0.05, 0) is 44.6 Å². The maximum atomic E-state index is 11.9. The van der Waals surface area contributed by atoms with E-state index in [9.17, 15) is 4.79 Å². The lowest BCUT2D eigenvalue weighted by Crippen LogP contribution is -2.58. The molecule has 3 N–H and O–H groups in total. The minimum atomic E-state index is -0.483. The highest BCUT2D eigenvalue weighted by Gasteiger charge is 2.46. The van der Waals surface area contributed by atoms with Crippen molar-refractivity contribution in [3.8, 4) is 0 Å². The number of primary amides is 1. The van der Waals surface area contributed by atoms with Gasteiger partial charge in [-0.2, -0.15) is 0 Å². The van der Waals surface area contributed by atoms with Gasteiger partial charge in [-0.1, -0.05) is 33.1 Å². The molecule has 20 heavy (non-hydrogen) atoms. The Labute approximate surface area is 123 Å². The van der Waals surface area contributed by atoms with Gasteiger partial charge in [-0.15, -0.1) is 0 Å². The van der Waals surface area contributed by atoms with E-state index in [1.54, 1.807) is 0 Å². The van der Waals surface area contributed by atoms with Crippen LogP contribution in [0.1, 0.15) is 65.2 Å². The summed E-state index contributed by atoms with van der Waals surface area (Å²) in [5, 5.41) is 3.43. The van der Waals surface area contributed by atoms with Crippen molar-refractivity contribution in [2.75, 3.05) is 19.8 Å². The number of ether oxygens (including phenoxy) is 1. The first kappa shape index (κ1) is 17.4. The average molecular weight is 284 g/mol. The van der Waals surface area contributed by atoms with Crippen LogP contribution >= 0.6 is 0 Å². The summed E-state index contributed by atoms with van der Waals surface area (Å²) in [5.74, 6) is 0.150. The van der Waals surface area contributed by atoms with E-state index in [4.69, 9.17) is 10.5 Å². The zero-order valence-corrected chi connectivity index (χ0v) is 13.2. The van der Waals surface area contributed by atoms with E-state index in [2.05, 4.69) is 19.2 Å². The lowest BCUT2D eigenvalue weighted by atomic mass is 9.84. The van der Waals surface area contributed by atoms with Gasteiger partial charge in [0.05, 0.1) is 0 Å². The van der Waals surface area contributed by atoms with E-state index in [0.717, 1.165) is 58.3 Å². The van der Waals surface area contributed by atoms with Crippen LogP contribution in [0.2, 0.25) is 0 Å². The van der Waals surface area contributed by atoms with Crippen molar-refractivity contribution in [3.05, 3.63) is 0 Å². The van der Waals surface area contributed by atoms with Gasteiger partial charge in [0.2, 0.25) is 5.91 Å². The first-order valence-electron chi connectivity index (χ1n) is 8.30. The van der Waals surface area contributed by atoms with Gasteiger partial charge >= 0.3 is 0 Å². The minimum absolute atomic E-state index is 0.181. The molecular weight excluding hydrogens is 252 g/mol. The SMILES string of the molecule is CCCCCOCCC1CCCC1(NCCC)C(N)=O. The van der Waals surface area contributed by atoms with Crippen molar-refractivity contribution in [1.82, 2.24) is 5.32 Å². The molecule has 0 bridgehead atoms. The van der Waals surface area contributed by atoms with Crippen LogP contribution in [0.3, 0.4) is 0 Å². The normalized spacial score (nSPS) is 26.0. The highest BCUT2D eigenvalue weighted by atomic mass is 16.5. The molecule has 118 valence electrons. The van der Waals surface area contributed by atoms with Crippen LogP contribution in [-0.2, 0) is 9.53 Å². The predicted molar refractivity (Wildman–Crippen MR) is 82.5 cm³/mol. The Morgan fingerprint density at radius 1 is 1.30 bits per heavy atom. The summed E-state index contributed by atoms with van der Waals surface area (Å²) in [6, 6.07) is 0. The molecule has 4 heteroatoms. The summed E-state index contributed by atoms with van der Waals surface area (Å²) in [5.41, 5.74) is 5.21. The first-order valence-corrected chi connectivity index (χ1v) is 8.30. The van der Waals surface area contributed by atoms with E-state index in [1.807, 2.05) is 0 Å². The summed E-state index contributed by atoms with van der Waals surface area (Å²) in [7, 11) is 0. The van der Waals surface area contributed by atoms with Crippen molar-refractivity contribution < 1.29 is 9.53 Å². The molecule has 2 unspecified atom stereocenters. The second-order valence-corrected chi connectivity index (χ2v) is 5.96. The number of rotatable bonds is 11. The molecule has 0 aromatic rings. The van der Waals surface area contributed by atoms with Gasteiger partial charge in [0.1, 0.15) is 5.54 Å². The second kappa shape index (κ2) is 9.35. The molecule has 0 saturated heterocycles. The maximum Gasteiger partial charge on any atom is 0.238 e. The van der Waals surface area contributed by atoms with Crippen molar-refractivity contribution in [2.45, 2.75) is 70.8 Å². The van der Waals surface area contributed by atoms with Gasteiger partial charge in [-0.25, -0.2) is 0 Å². The van der Waals surface area contributed by atoms with E-state index < -0.39 is 5.54 Å². The molecule has 0 aliphatic heterocycles. The van der Waals surface area contributed by atoms with Gasteiger partial charge < -0.3 is 15.8 Å². The average Bonchev–Trinajstić information content (AvgIpc) is 2.84. The topological polar surface area (TPSA) is 64.3 Å². The fourth-order valence-corrected chi connectivity index (χ4v) is 3.24. The number of nitrogens with two attached hydrogens (primary N) is 1. The highest BCUT2D eigenvalue weighted by molar-refractivity contribution is 5.85. The first-order chi connectivity index (χ1) is 9.67. The standard InChI is InChI=1S/C16H32N2O2/c1-3-5-6-12-20-13-9-14-8-7-10-16(14,15(17)19)18-11-4-2/h14,18H,3-13H2,1-2H3,(H2,17,19). The number of unbranched alkanes of at least 4 members (excludes halogenated alkanes) is 2. The number of nitrogens with one attached hydrogen (secondary N) is 1. The number of carbonyl (C=O) groups is 1. The number of amides is 1. The minimum Gasteiger partial charge on any atom is -0.381 e. The molecule has 0 aromatic carbocycles. The van der Waals surface area contributed by atoms with E-state index in [0.29, 0.717) is 5.92 Å². The molecule has 1 aliphatic carbocycles. The third-order valence-electron chi connectivity index (χ3n) is 4.45. The Balaban J connectivity index is 2.39. The molecule has 0 spiro atoms. The fraction of sp³-hybridized carbons (Fsp3) is 0.938. The zero-order valence-electron chi connectivity index (χ0n) is 13.2. The molecule has 1 saturated carbocycles. The van der Waals surface area contributed by atoms with Crippen LogP contribution in [0.4, 0.5) is 0 Å². The summed E-state index contributed by atoms with van der Waals surface area (Å²) < 4.78 is 5.70. The van der Waals surface area contributed by atoms with Crippen molar-refractivity contribution in [2.24, 2.45) is 11.7 Å². The van der Waals surface area contributed by atoms with Crippen LogP contribution < -0.4 is 11.1 Å². The molecule has 0 heterocycles. The van der Waals surface area contributed by atoms with E-state index in [1.165, 1.54) is 12.8 Å². The second-order valence-electron chi connectivity index (χ2n) is 5.96. The Hall–Kier alpha value is -0.610. The van der Waals surface area contributed by atoms with Crippen LogP contribution in [-0.4, -0.2) is 31.2 Å². The quantitative estimate of drug-likeness (QED) is 0.573. The summed E-state index contributed by atoms with van der Waals surface area (Å²) in [6.45, 7) is 6.75. The van der Waals surface area contributed by atoms with Crippen molar-refractivity contribution >= 4 is 5.91 Å². The van der Waals surface area contributed by atoms with Gasteiger partial charge in [0.15, 0.2) is 0 Å². The number of hydrogen-bond acceptors (Lipinski definition) is 3. The van der Waals surface area contributed by atoms with Crippen LogP contribution in [0, 0.1) is 5.92 Å². The third-order valence-corrected chi connectivity index (χ3v) is 4.45. The summed E-state index contributed by atoms with van der Waals surface area (Å²) in [6.07, 6.45) is 8.59. The zero-order chi connectivity index (χ0) is 14.8. The Bertz CT molecular complexity index is 284. The number of carbonyl (C=O) groups excluding carboxylic acids is 1. The van der Waals surface area contributed by atoms with Crippen molar-refractivity contribution in [3.63, 3.8) is 0 Å². The monoisotopic (exact) mass is 284 g/mol. The van der Waals surface area contributed by atoms with Gasteiger partial charge in [-0.3, -0.25) is 4.79 Å². The van der Waals surface area contributed by atoms with Crippen molar-refractivity contribution in [1.29, 1.82) is 0 Å². The largest absolute Gasteiger partial charge is 0.381 e. The van der Waals surface area contributed by atoms with Crippen LogP contribution in [0.5, 0.6) is 0 Å². The summed E-state index contributed by atoms with van der Waals surface area (Å²) >= 11 is 0. The third kappa shape index (κ3) is 4.74. The number of hydrogen-bond donors (Lipinski definition) is 2. The van der Waals surface area contributed by atoms with Gasteiger partial charge in [0, 0.05) is 13.2 Å². The van der Waals surface area contributed by atoms with Crippen LogP contribution in [0.15, 0.2) is 0 Å². The predicted octanol–water partition coefficient (Wildman–Crippen LogP) is 2.61.